The predicted molar refractivity (Wildman–Crippen MR) is 140 cm³/mol. The van der Waals surface area contributed by atoms with Crippen molar-refractivity contribution in [3.63, 3.8) is 0 Å². The topological polar surface area (TPSA) is 159 Å². The molecule has 0 heterocycles. The molecule has 1 rings (SSSR count). The second-order valence-electron chi connectivity index (χ2n) is 10.1. The van der Waals surface area contributed by atoms with Gasteiger partial charge in [0.15, 0.2) is 11.5 Å². The summed E-state index contributed by atoms with van der Waals surface area (Å²) in [7, 11) is 0. The smallest absolute Gasteiger partial charge is 0.458 e. The van der Waals surface area contributed by atoms with Crippen LogP contribution < -0.4 is 15.2 Å². The van der Waals surface area contributed by atoms with E-state index in [4.69, 9.17) is 38.9 Å². The van der Waals surface area contributed by atoms with E-state index in [9.17, 15) is 19.2 Å². The first-order chi connectivity index (χ1) is 18.0. The lowest BCUT2D eigenvalue weighted by Crippen LogP contribution is -2.40. The van der Waals surface area contributed by atoms with E-state index in [-0.39, 0.29) is 17.9 Å². The van der Waals surface area contributed by atoms with E-state index in [0.29, 0.717) is 12.0 Å². The van der Waals surface area contributed by atoms with Crippen LogP contribution >= 0.6 is 0 Å². The first-order valence-corrected chi connectivity index (χ1v) is 12.8. The molecule has 1 unspecified atom stereocenters. The molecule has 3 atom stereocenters. The summed E-state index contributed by atoms with van der Waals surface area (Å²) in [5.41, 5.74) is 5.83. The van der Waals surface area contributed by atoms with Crippen molar-refractivity contribution in [1.82, 2.24) is 0 Å². The highest BCUT2D eigenvalue weighted by atomic mass is 16.8. The van der Waals surface area contributed by atoms with Crippen LogP contribution in [0.1, 0.15) is 74.3 Å². The van der Waals surface area contributed by atoms with Crippen LogP contribution in [-0.4, -0.2) is 60.5 Å². The van der Waals surface area contributed by atoms with Crippen LogP contribution in [-0.2, 0) is 34.9 Å². The summed E-state index contributed by atoms with van der Waals surface area (Å²) in [5.74, 6) is -0.981. The van der Waals surface area contributed by atoms with Gasteiger partial charge in [0, 0.05) is 0 Å². The third-order valence-electron chi connectivity index (χ3n) is 5.27. The molecule has 220 valence electrons. The van der Waals surface area contributed by atoms with Gasteiger partial charge < -0.3 is 38.9 Å². The maximum Gasteiger partial charge on any atom is 0.514 e. The van der Waals surface area contributed by atoms with Crippen LogP contribution in [0, 0.1) is 0 Å². The fraction of sp³-hybridized carbons (Fsp3) is 0.630. The fourth-order valence-corrected chi connectivity index (χ4v) is 2.73. The Hall–Kier alpha value is -3.54. The molecule has 0 amide bonds. The molecule has 0 radical (unpaired) electrons. The number of hydrogen-bond acceptors (Lipinski definition) is 12. The monoisotopic (exact) mass is 555 g/mol. The maximum atomic E-state index is 12.6. The molecular formula is C27H41NO11. The Labute approximate surface area is 229 Å². The van der Waals surface area contributed by atoms with Gasteiger partial charge >= 0.3 is 24.4 Å². The lowest BCUT2D eigenvalue weighted by molar-refractivity contribution is -0.156. The number of hydrogen-bond donors (Lipinski definition) is 1. The van der Waals surface area contributed by atoms with Gasteiger partial charge in [-0.2, -0.15) is 0 Å². The SMILES string of the molecule is CCC(C)(C)OC(=O)OC(C)[C@H](C)OC(=O)[C@@H](N)Cc1ccc(OC(=O)OC(C)C)c(OC(=O)OC(C)C)c1. The lowest BCUT2D eigenvalue weighted by atomic mass is 10.1. The molecule has 0 aliphatic heterocycles. The number of carbonyl (C=O) groups excluding carboxylic acids is 4. The summed E-state index contributed by atoms with van der Waals surface area (Å²) in [6.45, 7) is 15.1. The summed E-state index contributed by atoms with van der Waals surface area (Å²) >= 11 is 0. The zero-order chi connectivity index (χ0) is 29.9. The van der Waals surface area contributed by atoms with Crippen LogP contribution in [0.2, 0.25) is 0 Å². The minimum atomic E-state index is -1.11. The third-order valence-corrected chi connectivity index (χ3v) is 5.27. The fourth-order valence-electron chi connectivity index (χ4n) is 2.73. The minimum Gasteiger partial charge on any atom is -0.458 e. The molecule has 1 aromatic carbocycles. The number of benzene rings is 1. The second-order valence-corrected chi connectivity index (χ2v) is 10.1. The summed E-state index contributed by atoms with van der Waals surface area (Å²) in [5, 5.41) is 0. The maximum absolute atomic E-state index is 12.6. The number of ether oxygens (including phenoxy) is 7. The number of carbonyl (C=O) groups is 4. The molecule has 0 spiro atoms. The van der Waals surface area contributed by atoms with Crippen molar-refractivity contribution in [1.29, 1.82) is 0 Å². The molecule has 0 bridgehead atoms. The van der Waals surface area contributed by atoms with Crippen molar-refractivity contribution in [2.45, 2.75) is 111 Å². The Kier molecular flexibility index (Phi) is 13.0. The van der Waals surface area contributed by atoms with Crippen molar-refractivity contribution < 1.29 is 52.3 Å². The first kappa shape index (κ1) is 33.5. The molecule has 0 aromatic heterocycles. The van der Waals surface area contributed by atoms with Crippen LogP contribution in [0.25, 0.3) is 0 Å². The third kappa shape index (κ3) is 12.7. The van der Waals surface area contributed by atoms with E-state index < -0.39 is 60.5 Å². The number of esters is 1. The lowest BCUT2D eigenvalue weighted by Gasteiger charge is -2.26. The highest BCUT2D eigenvalue weighted by Gasteiger charge is 2.28. The van der Waals surface area contributed by atoms with Gasteiger partial charge in [-0.1, -0.05) is 13.0 Å². The van der Waals surface area contributed by atoms with Crippen LogP contribution in [0.15, 0.2) is 18.2 Å². The number of rotatable bonds is 12. The molecule has 0 saturated heterocycles. The molecule has 0 aliphatic rings. The molecule has 0 fully saturated rings. The van der Waals surface area contributed by atoms with Crippen molar-refractivity contribution in [3.05, 3.63) is 23.8 Å². The summed E-state index contributed by atoms with van der Waals surface area (Å²) in [6, 6.07) is 3.17. The van der Waals surface area contributed by atoms with E-state index in [1.807, 2.05) is 6.92 Å². The average molecular weight is 556 g/mol. The van der Waals surface area contributed by atoms with Gasteiger partial charge in [-0.05, 0) is 85.9 Å². The highest BCUT2D eigenvalue weighted by Crippen LogP contribution is 2.30. The molecule has 12 nitrogen and oxygen atoms in total. The zero-order valence-corrected chi connectivity index (χ0v) is 24.1. The van der Waals surface area contributed by atoms with Gasteiger partial charge in [-0.15, -0.1) is 0 Å². The van der Waals surface area contributed by atoms with Gasteiger partial charge in [0.1, 0.15) is 23.9 Å². The van der Waals surface area contributed by atoms with E-state index in [1.54, 1.807) is 55.4 Å². The molecule has 2 N–H and O–H groups in total. The molecule has 0 aliphatic carbocycles. The summed E-state index contributed by atoms with van der Waals surface area (Å²) in [6.07, 6.45) is -4.79. The molecule has 0 saturated carbocycles. The standard InChI is InChI=1S/C27H41NO11/c1-10-27(8,9)39-26(32)36-18(7)17(6)35-23(29)20(28)13-19-11-12-21(37-24(30)33-15(2)3)22(14-19)38-25(31)34-16(4)5/h11-12,14-18,20H,10,13,28H2,1-9H3/t17-,18?,20-/m0/s1. The van der Waals surface area contributed by atoms with Crippen LogP contribution in [0.5, 0.6) is 11.5 Å². The van der Waals surface area contributed by atoms with Gasteiger partial charge in [0.25, 0.3) is 0 Å². The minimum absolute atomic E-state index is 0.0141. The van der Waals surface area contributed by atoms with E-state index in [0.717, 1.165) is 0 Å². The summed E-state index contributed by atoms with van der Waals surface area (Å²) < 4.78 is 36.1. The Morgan fingerprint density at radius 2 is 1.28 bits per heavy atom. The Morgan fingerprint density at radius 1 is 0.769 bits per heavy atom. The number of nitrogens with two attached hydrogens (primary N) is 1. The average Bonchev–Trinajstić information content (AvgIpc) is 2.79. The van der Waals surface area contributed by atoms with E-state index in [1.165, 1.54) is 18.2 Å². The van der Waals surface area contributed by atoms with Crippen molar-refractivity contribution in [2.24, 2.45) is 5.73 Å². The van der Waals surface area contributed by atoms with Gasteiger partial charge in [0.05, 0.1) is 12.2 Å². The quantitative estimate of drug-likeness (QED) is 0.208. The van der Waals surface area contributed by atoms with Gasteiger partial charge in [0.2, 0.25) is 0 Å². The van der Waals surface area contributed by atoms with Crippen LogP contribution in [0.3, 0.4) is 0 Å². The molecule has 12 heteroatoms. The zero-order valence-electron chi connectivity index (χ0n) is 24.1. The second kappa shape index (κ2) is 15.2. The Morgan fingerprint density at radius 3 is 1.79 bits per heavy atom. The van der Waals surface area contributed by atoms with Crippen molar-refractivity contribution in [3.8, 4) is 11.5 Å². The molecule has 39 heavy (non-hydrogen) atoms. The van der Waals surface area contributed by atoms with Crippen molar-refractivity contribution in [2.75, 3.05) is 0 Å². The Bertz CT molecular complexity index is 990. The normalized spacial score (nSPS) is 13.6. The van der Waals surface area contributed by atoms with E-state index in [2.05, 4.69) is 0 Å². The largest absolute Gasteiger partial charge is 0.514 e. The van der Waals surface area contributed by atoms with Gasteiger partial charge in [-0.25, -0.2) is 14.4 Å². The summed E-state index contributed by atoms with van der Waals surface area (Å²) in [4.78, 5) is 48.7. The Balaban J connectivity index is 2.90. The van der Waals surface area contributed by atoms with Crippen molar-refractivity contribution >= 4 is 24.4 Å². The highest BCUT2D eigenvalue weighted by molar-refractivity contribution is 5.76. The predicted octanol–water partition coefficient (Wildman–Crippen LogP) is 5.07. The van der Waals surface area contributed by atoms with Gasteiger partial charge in [-0.3, -0.25) is 4.79 Å². The molecular weight excluding hydrogens is 514 g/mol. The van der Waals surface area contributed by atoms with Crippen LogP contribution in [0.4, 0.5) is 14.4 Å². The van der Waals surface area contributed by atoms with E-state index >= 15 is 0 Å². The first-order valence-electron chi connectivity index (χ1n) is 12.8. The molecule has 1 aromatic rings.